The number of hydrogen-bond donors (Lipinski definition) is 2. The molecule has 1 heterocycles. The topological polar surface area (TPSA) is 121 Å². The van der Waals surface area contributed by atoms with E-state index in [2.05, 4.69) is 9.97 Å². The zero-order valence-electron chi connectivity index (χ0n) is 5.69. The maximum Gasteiger partial charge on any atom is 0.348 e. The monoisotopic (exact) mass is 189 g/mol. The molecule has 1 aromatic rings. The second kappa shape index (κ2) is 2.78. The van der Waals surface area contributed by atoms with Gasteiger partial charge in [0.1, 0.15) is 0 Å². The molecule has 0 aliphatic heterocycles. The Labute approximate surface area is 71.5 Å². The summed E-state index contributed by atoms with van der Waals surface area (Å²) in [6.45, 7) is 0. The van der Waals surface area contributed by atoms with Crippen molar-refractivity contribution in [1.82, 2.24) is 9.97 Å². The summed E-state index contributed by atoms with van der Waals surface area (Å²) in [5.74, 6) is -0.527. The normalized spacial score (nSPS) is 9.75. The number of nitrogens with zero attached hydrogens (tertiary/aromatic N) is 3. The van der Waals surface area contributed by atoms with Crippen LogP contribution in [0.1, 0.15) is 0 Å². The fraction of sp³-hybridized carbons (Fsp3) is 0. The number of anilines is 2. The van der Waals surface area contributed by atoms with Crippen LogP contribution in [0.4, 0.5) is 17.5 Å². The molecule has 0 aliphatic carbocycles. The number of nitrogens with two attached hydrogens (primary N) is 2. The lowest BCUT2D eigenvalue weighted by atomic mass is 10.5. The van der Waals surface area contributed by atoms with Gasteiger partial charge in [0.15, 0.2) is 0 Å². The van der Waals surface area contributed by atoms with E-state index in [9.17, 15) is 10.1 Å². The van der Waals surface area contributed by atoms with Gasteiger partial charge in [-0.15, -0.1) is 0 Å². The fourth-order valence-electron chi connectivity index (χ4n) is 0.629. The summed E-state index contributed by atoms with van der Waals surface area (Å²) in [6.07, 6.45) is 0. The van der Waals surface area contributed by atoms with Gasteiger partial charge in [-0.2, -0.15) is 9.97 Å². The van der Waals surface area contributed by atoms with E-state index < -0.39 is 10.6 Å². The summed E-state index contributed by atoms with van der Waals surface area (Å²) in [6, 6.07) is 0. The van der Waals surface area contributed by atoms with E-state index in [1.54, 1.807) is 0 Å². The van der Waals surface area contributed by atoms with Gasteiger partial charge in [0, 0.05) is 0 Å². The minimum Gasteiger partial charge on any atom is -0.378 e. The number of nitro groups is 1. The lowest BCUT2D eigenvalue weighted by Gasteiger charge is -1.98. The molecule has 1 aromatic heterocycles. The fourth-order valence-corrected chi connectivity index (χ4v) is 0.882. The molecule has 0 unspecified atom stereocenters. The number of hydrogen-bond acceptors (Lipinski definition) is 6. The molecule has 64 valence electrons. The summed E-state index contributed by atoms with van der Waals surface area (Å²) in [5, 5.41) is 9.92. The van der Waals surface area contributed by atoms with E-state index in [1.807, 2.05) is 0 Å². The van der Waals surface area contributed by atoms with Gasteiger partial charge in [-0.05, 0) is 0 Å². The molecule has 0 aliphatic rings. The quantitative estimate of drug-likeness (QED) is 0.370. The highest BCUT2D eigenvalue weighted by Gasteiger charge is 2.20. The smallest absolute Gasteiger partial charge is 0.348 e. The van der Waals surface area contributed by atoms with Gasteiger partial charge < -0.3 is 11.5 Å². The Balaban J connectivity index is 3.38. The van der Waals surface area contributed by atoms with Crippen molar-refractivity contribution >= 4 is 29.1 Å². The number of nitrogen functional groups attached to an aromatic ring is 2. The number of halogens is 1. The minimum absolute atomic E-state index is 0.192. The second-order valence-corrected chi connectivity index (χ2v) is 2.22. The Morgan fingerprint density at radius 2 is 2.00 bits per heavy atom. The Morgan fingerprint density at radius 1 is 1.42 bits per heavy atom. The Morgan fingerprint density at radius 3 is 2.42 bits per heavy atom. The van der Waals surface area contributed by atoms with Crippen molar-refractivity contribution in [2.24, 2.45) is 0 Å². The third-order valence-electron chi connectivity index (χ3n) is 1.07. The second-order valence-electron chi connectivity index (χ2n) is 1.86. The van der Waals surface area contributed by atoms with E-state index >= 15 is 0 Å². The first kappa shape index (κ1) is 8.47. The number of aromatic nitrogens is 2. The Bertz CT molecular complexity index is 317. The maximum atomic E-state index is 10.3. The van der Waals surface area contributed by atoms with E-state index in [0.29, 0.717) is 0 Å². The molecular formula is C4H4ClN5O2. The van der Waals surface area contributed by atoms with Crippen LogP contribution in [-0.4, -0.2) is 14.9 Å². The SMILES string of the molecule is Nc1nc(N)c([N+](=O)[O-])c(Cl)n1. The predicted molar refractivity (Wildman–Crippen MR) is 42.5 cm³/mol. The van der Waals surface area contributed by atoms with Crippen molar-refractivity contribution in [2.45, 2.75) is 0 Å². The highest BCUT2D eigenvalue weighted by molar-refractivity contribution is 6.32. The van der Waals surface area contributed by atoms with Crippen LogP contribution in [0.5, 0.6) is 0 Å². The molecule has 0 atom stereocenters. The van der Waals surface area contributed by atoms with Crippen molar-refractivity contribution in [3.05, 3.63) is 15.3 Å². The average Bonchev–Trinajstić information content (AvgIpc) is 1.82. The van der Waals surface area contributed by atoms with Gasteiger partial charge in [0.25, 0.3) is 0 Å². The first-order valence-electron chi connectivity index (χ1n) is 2.75. The standard InChI is InChI=1S/C4H4ClN5O2/c5-2-1(10(11)12)3(6)9-4(7)8-2/h(H4,6,7,8,9). The van der Waals surface area contributed by atoms with Gasteiger partial charge in [-0.25, -0.2) is 0 Å². The minimum atomic E-state index is -0.767. The third-order valence-corrected chi connectivity index (χ3v) is 1.33. The van der Waals surface area contributed by atoms with Crippen molar-refractivity contribution in [3.8, 4) is 0 Å². The van der Waals surface area contributed by atoms with Gasteiger partial charge >= 0.3 is 5.69 Å². The molecular weight excluding hydrogens is 186 g/mol. The first-order valence-corrected chi connectivity index (χ1v) is 3.13. The van der Waals surface area contributed by atoms with Crippen molar-refractivity contribution in [3.63, 3.8) is 0 Å². The number of rotatable bonds is 1. The van der Waals surface area contributed by atoms with Crippen LogP contribution < -0.4 is 11.5 Å². The van der Waals surface area contributed by atoms with Gasteiger partial charge in [0.2, 0.25) is 16.9 Å². The van der Waals surface area contributed by atoms with E-state index in [1.165, 1.54) is 0 Å². The van der Waals surface area contributed by atoms with Crippen LogP contribution in [0, 0.1) is 10.1 Å². The van der Waals surface area contributed by atoms with Crippen LogP contribution in [0.15, 0.2) is 0 Å². The zero-order valence-corrected chi connectivity index (χ0v) is 6.45. The molecule has 0 aromatic carbocycles. The van der Waals surface area contributed by atoms with Crippen LogP contribution in [-0.2, 0) is 0 Å². The average molecular weight is 190 g/mol. The molecule has 7 nitrogen and oxygen atoms in total. The van der Waals surface area contributed by atoms with Crippen LogP contribution in [0.25, 0.3) is 0 Å². The van der Waals surface area contributed by atoms with Gasteiger partial charge in [0.05, 0.1) is 4.92 Å². The molecule has 0 saturated carbocycles. The van der Waals surface area contributed by atoms with Crippen LogP contribution >= 0.6 is 11.6 Å². The molecule has 0 saturated heterocycles. The first-order chi connectivity index (χ1) is 5.52. The molecule has 4 N–H and O–H groups in total. The van der Waals surface area contributed by atoms with Crippen LogP contribution in [0.3, 0.4) is 0 Å². The molecule has 12 heavy (non-hydrogen) atoms. The highest BCUT2D eigenvalue weighted by Crippen LogP contribution is 2.27. The van der Waals surface area contributed by atoms with Crippen LogP contribution in [0.2, 0.25) is 5.15 Å². The maximum absolute atomic E-state index is 10.3. The van der Waals surface area contributed by atoms with Gasteiger partial charge in [-0.1, -0.05) is 11.6 Å². The van der Waals surface area contributed by atoms with Crippen molar-refractivity contribution in [2.75, 3.05) is 11.5 Å². The molecule has 0 spiro atoms. The Kier molecular flexibility index (Phi) is 1.96. The predicted octanol–water partition coefficient (Wildman–Crippen LogP) is 0.203. The summed E-state index contributed by atoms with van der Waals surface area (Å²) in [5.41, 5.74) is 9.76. The molecule has 0 fully saturated rings. The zero-order chi connectivity index (χ0) is 9.30. The third kappa shape index (κ3) is 1.35. The Hall–Kier alpha value is -1.63. The summed E-state index contributed by atoms with van der Waals surface area (Å²) in [7, 11) is 0. The van der Waals surface area contributed by atoms with Crippen molar-refractivity contribution in [1.29, 1.82) is 0 Å². The summed E-state index contributed by atoms with van der Waals surface area (Å²) >= 11 is 5.38. The molecule has 0 bridgehead atoms. The molecule has 0 amide bonds. The largest absolute Gasteiger partial charge is 0.378 e. The molecule has 0 radical (unpaired) electrons. The van der Waals surface area contributed by atoms with Gasteiger partial charge in [-0.3, -0.25) is 10.1 Å². The summed E-state index contributed by atoms with van der Waals surface area (Å²) in [4.78, 5) is 16.2. The highest BCUT2D eigenvalue weighted by atomic mass is 35.5. The van der Waals surface area contributed by atoms with E-state index in [0.717, 1.165) is 0 Å². The van der Waals surface area contributed by atoms with Crippen molar-refractivity contribution < 1.29 is 4.92 Å². The lowest BCUT2D eigenvalue weighted by Crippen LogP contribution is -2.04. The molecule has 1 rings (SSSR count). The molecule has 8 heteroatoms. The lowest BCUT2D eigenvalue weighted by molar-refractivity contribution is -0.384. The van der Waals surface area contributed by atoms with E-state index in [4.69, 9.17) is 23.1 Å². The summed E-state index contributed by atoms with van der Waals surface area (Å²) < 4.78 is 0. The van der Waals surface area contributed by atoms with E-state index in [-0.39, 0.29) is 16.9 Å².